The molecule has 0 spiro atoms. The Bertz CT molecular complexity index is 330. The fourth-order valence-electron chi connectivity index (χ4n) is 2.10. The van der Waals surface area contributed by atoms with E-state index in [4.69, 9.17) is 5.73 Å². The molecule has 0 aromatic heterocycles. The molecule has 18 heavy (non-hydrogen) atoms. The molecule has 1 aliphatic rings. The first-order valence-corrected chi connectivity index (χ1v) is 6.52. The monoisotopic (exact) mass is 254 g/mol. The van der Waals surface area contributed by atoms with Crippen LogP contribution in [0.4, 0.5) is 0 Å². The number of nitrogens with two attached hydrogens (primary N) is 1. The third-order valence-corrected chi connectivity index (χ3v) is 3.09. The Hall–Kier alpha value is -0.940. The van der Waals surface area contributed by atoms with E-state index in [1.165, 1.54) is 0 Å². The van der Waals surface area contributed by atoms with Crippen molar-refractivity contribution < 1.29 is 4.79 Å². The first-order chi connectivity index (χ1) is 8.27. The number of carbonyl (C=O) groups excluding carboxylic acids is 1. The molecule has 0 fully saturated rings. The molecule has 104 valence electrons. The number of nitrogens with zero attached hydrogens (tertiary/aromatic N) is 3. The SMILES string of the molecule is CN(C)CCN1N=C(C(C)(C)C)C(CCN)C1=O. The van der Waals surface area contributed by atoms with Gasteiger partial charge in [0, 0.05) is 12.0 Å². The lowest BCUT2D eigenvalue weighted by Crippen LogP contribution is -2.35. The van der Waals surface area contributed by atoms with Crippen LogP contribution in [-0.4, -0.2) is 55.3 Å². The van der Waals surface area contributed by atoms with E-state index >= 15 is 0 Å². The predicted molar refractivity (Wildman–Crippen MR) is 74.3 cm³/mol. The summed E-state index contributed by atoms with van der Waals surface area (Å²) in [4.78, 5) is 14.4. The first kappa shape index (κ1) is 15.1. The highest BCUT2D eigenvalue weighted by molar-refractivity contribution is 6.10. The van der Waals surface area contributed by atoms with Crippen LogP contribution in [0, 0.1) is 11.3 Å². The number of likely N-dealkylation sites (N-methyl/N-ethyl adjacent to an activating group) is 1. The van der Waals surface area contributed by atoms with Crippen LogP contribution in [0.15, 0.2) is 5.10 Å². The Morgan fingerprint density at radius 1 is 1.39 bits per heavy atom. The number of hydrogen-bond donors (Lipinski definition) is 1. The maximum absolute atomic E-state index is 12.3. The quantitative estimate of drug-likeness (QED) is 0.788. The van der Waals surface area contributed by atoms with Gasteiger partial charge < -0.3 is 10.6 Å². The topological polar surface area (TPSA) is 61.9 Å². The van der Waals surface area contributed by atoms with Crippen LogP contribution in [0.25, 0.3) is 0 Å². The van der Waals surface area contributed by atoms with Gasteiger partial charge in [0.1, 0.15) is 0 Å². The number of hydrazone groups is 1. The van der Waals surface area contributed by atoms with Gasteiger partial charge in [-0.2, -0.15) is 5.10 Å². The summed E-state index contributed by atoms with van der Waals surface area (Å²) in [6, 6.07) is 0. The maximum Gasteiger partial charge on any atom is 0.251 e. The van der Waals surface area contributed by atoms with Crippen LogP contribution < -0.4 is 5.73 Å². The average Bonchev–Trinajstić information content (AvgIpc) is 2.54. The van der Waals surface area contributed by atoms with Crippen molar-refractivity contribution in [3.8, 4) is 0 Å². The summed E-state index contributed by atoms with van der Waals surface area (Å²) >= 11 is 0. The summed E-state index contributed by atoms with van der Waals surface area (Å²) in [5.41, 5.74) is 6.50. The van der Waals surface area contributed by atoms with Gasteiger partial charge in [-0.15, -0.1) is 0 Å². The van der Waals surface area contributed by atoms with E-state index in [0.29, 0.717) is 19.5 Å². The van der Waals surface area contributed by atoms with Gasteiger partial charge in [0.25, 0.3) is 5.91 Å². The van der Waals surface area contributed by atoms with Crippen molar-refractivity contribution in [1.82, 2.24) is 9.91 Å². The molecule has 0 saturated carbocycles. The molecule has 5 heteroatoms. The van der Waals surface area contributed by atoms with E-state index in [0.717, 1.165) is 12.3 Å². The molecule has 0 aliphatic carbocycles. The van der Waals surface area contributed by atoms with Crippen LogP contribution in [-0.2, 0) is 4.79 Å². The minimum atomic E-state index is -0.128. The van der Waals surface area contributed by atoms with Crippen LogP contribution >= 0.6 is 0 Å². The van der Waals surface area contributed by atoms with Gasteiger partial charge in [-0.1, -0.05) is 20.8 Å². The zero-order valence-corrected chi connectivity index (χ0v) is 12.2. The van der Waals surface area contributed by atoms with Crippen LogP contribution in [0.1, 0.15) is 27.2 Å². The molecule has 5 nitrogen and oxygen atoms in total. The van der Waals surface area contributed by atoms with E-state index < -0.39 is 0 Å². The molecule has 0 radical (unpaired) electrons. The highest BCUT2D eigenvalue weighted by Crippen LogP contribution is 2.30. The van der Waals surface area contributed by atoms with Crippen molar-refractivity contribution in [3.63, 3.8) is 0 Å². The second-order valence-corrected chi connectivity index (χ2v) is 6.13. The Morgan fingerprint density at radius 2 is 2.00 bits per heavy atom. The number of hydrogen-bond acceptors (Lipinski definition) is 4. The molecular weight excluding hydrogens is 228 g/mol. The molecule has 0 aromatic carbocycles. The molecule has 0 aromatic rings. The molecule has 1 rings (SSSR count). The zero-order valence-electron chi connectivity index (χ0n) is 12.2. The van der Waals surface area contributed by atoms with Crippen molar-refractivity contribution in [3.05, 3.63) is 0 Å². The standard InChI is InChI=1S/C13H26N4O/c1-13(2,3)11-10(6-7-14)12(18)17(15-11)9-8-16(4)5/h10H,6-9,14H2,1-5H3. The lowest BCUT2D eigenvalue weighted by Gasteiger charge is -2.21. The summed E-state index contributed by atoms with van der Waals surface area (Å²) in [6.45, 7) is 8.27. The van der Waals surface area contributed by atoms with E-state index in [1.807, 2.05) is 14.1 Å². The van der Waals surface area contributed by atoms with E-state index in [9.17, 15) is 4.79 Å². The van der Waals surface area contributed by atoms with Crippen molar-refractivity contribution in [2.75, 3.05) is 33.7 Å². The smallest absolute Gasteiger partial charge is 0.251 e. The Labute approximate surface area is 110 Å². The van der Waals surface area contributed by atoms with Crippen LogP contribution in [0.2, 0.25) is 0 Å². The van der Waals surface area contributed by atoms with Gasteiger partial charge in [0.2, 0.25) is 0 Å². The second kappa shape index (κ2) is 5.80. The summed E-state index contributed by atoms with van der Waals surface area (Å²) in [6.07, 6.45) is 0.688. The number of carbonyl (C=O) groups is 1. The molecule has 1 aliphatic heterocycles. The Morgan fingerprint density at radius 3 is 2.44 bits per heavy atom. The van der Waals surface area contributed by atoms with Gasteiger partial charge in [-0.25, -0.2) is 5.01 Å². The third-order valence-electron chi connectivity index (χ3n) is 3.09. The summed E-state index contributed by atoms with van der Waals surface area (Å²) in [5.74, 6) is -0.0237. The van der Waals surface area contributed by atoms with E-state index in [2.05, 4.69) is 30.8 Å². The molecule has 0 saturated heterocycles. The molecule has 1 amide bonds. The lowest BCUT2D eigenvalue weighted by atomic mass is 9.81. The molecule has 0 bridgehead atoms. The highest BCUT2D eigenvalue weighted by Gasteiger charge is 2.40. The largest absolute Gasteiger partial charge is 0.330 e. The first-order valence-electron chi connectivity index (χ1n) is 6.52. The minimum absolute atomic E-state index is 0.0810. The fraction of sp³-hybridized carbons (Fsp3) is 0.846. The Balaban J connectivity index is 2.83. The summed E-state index contributed by atoms with van der Waals surface area (Å²) in [5, 5.41) is 6.14. The van der Waals surface area contributed by atoms with Gasteiger partial charge >= 0.3 is 0 Å². The van der Waals surface area contributed by atoms with Crippen molar-refractivity contribution in [2.45, 2.75) is 27.2 Å². The van der Waals surface area contributed by atoms with Gasteiger partial charge in [0.15, 0.2) is 0 Å². The van der Waals surface area contributed by atoms with E-state index in [1.54, 1.807) is 5.01 Å². The molecular formula is C13H26N4O. The molecule has 1 atom stereocenters. The molecule has 1 unspecified atom stereocenters. The number of rotatable bonds is 5. The highest BCUT2D eigenvalue weighted by atomic mass is 16.2. The van der Waals surface area contributed by atoms with Crippen molar-refractivity contribution >= 4 is 11.6 Å². The van der Waals surface area contributed by atoms with Gasteiger partial charge in [-0.3, -0.25) is 4.79 Å². The minimum Gasteiger partial charge on any atom is -0.330 e. The van der Waals surface area contributed by atoms with Gasteiger partial charge in [0.05, 0.1) is 18.2 Å². The number of amides is 1. The van der Waals surface area contributed by atoms with E-state index in [-0.39, 0.29) is 17.2 Å². The van der Waals surface area contributed by atoms with Crippen molar-refractivity contribution in [2.24, 2.45) is 22.2 Å². The molecule has 1 heterocycles. The second-order valence-electron chi connectivity index (χ2n) is 6.13. The summed E-state index contributed by atoms with van der Waals surface area (Å²) in [7, 11) is 3.98. The van der Waals surface area contributed by atoms with Crippen LogP contribution in [0.5, 0.6) is 0 Å². The zero-order chi connectivity index (χ0) is 13.9. The Kier molecular flexibility index (Phi) is 4.87. The maximum atomic E-state index is 12.3. The fourth-order valence-corrected chi connectivity index (χ4v) is 2.10. The lowest BCUT2D eigenvalue weighted by molar-refractivity contribution is -0.132. The normalized spacial score (nSPS) is 20.8. The van der Waals surface area contributed by atoms with Gasteiger partial charge in [-0.05, 0) is 27.1 Å². The molecule has 2 N–H and O–H groups in total. The third kappa shape index (κ3) is 3.53. The average molecular weight is 254 g/mol. The van der Waals surface area contributed by atoms with Crippen molar-refractivity contribution in [1.29, 1.82) is 0 Å². The van der Waals surface area contributed by atoms with Crippen LogP contribution in [0.3, 0.4) is 0 Å². The predicted octanol–water partition coefficient (Wildman–Crippen LogP) is 0.757. The summed E-state index contributed by atoms with van der Waals surface area (Å²) < 4.78 is 0.